The van der Waals surface area contributed by atoms with Gasteiger partial charge in [-0.25, -0.2) is 4.79 Å². The maximum atomic E-state index is 12.9. The summed E-state index contributed by atoms with van der Waals surface area (Å²) in [6.07, 6.45) is -3.02. The molecule has 1 saturated heterocycles. The first-order valence-electron chi connectivity index (χ1n) is 6.47. The van der Waals surface area contributed by atoms with Gasteiger partial charge in [-0.15, -0.1) is 0 Å². The van der Waals surface area contributed by atoms with Crippen LogP contribution >= 0.6 is 0 Å². The minimum atomic E-state index is -5.07. The van der Waals surface area contributed by atoms with Crippen LogP contribution in [0.4, 0.5) is 13.2 Å². The van der Waals surface area contributed by atoms with Gasteiger partial charge >= 0.3 is 12.1 Å². The van der Waals surface area contributed by atoms with Crippen LogP contribution in [0.1, 0.15) is 39.5 Å². The fraction of sp³-hybridized carbons (Fsp3) is 0.833. The molecule has 1 rings (SSSR count). The molecule has 0 aromatic rings. The first-order chi connectivity index (χ1) is 9.09. The summed E-state index contributed by atoms with van der Waals surface area (Å²) in [5.41, 5.74) is -4.38. The van der Waals surface area contributed by atoms with E-state index in [4.69, 9.17) is 5.11 Å². The van der Waals surface area contributed by atoms with E-state index < -0.39 is 29.1 Å². The molecule has 0 spiro atoms. The van der Waals surface area contributed by atoms with Gasteiger partial charge in [0.05, 0.1) is 5.54 Å². The molecule has 8 heteroatoms. The van der Waals surface area contributed by atoms with Crippen molar-refractivity contribution in [3.05, 3.63) is 0 Å². The van der Waals surface area contributed by atoms with Crippen LogP contribution in [0.2, 0.25) is 0 Å². The molecular formula is C12H19F3N2O3. The number of amides is 1. The maximum Gasteiger partial charge on any atom is 0.422 e. The van der Waals surface area contributed by atoms with Crippen molar-refractivity contribution in [1.82, 2.24) is 10.6 Å². The van der Waals surface area contributed by atoms with Gasteiger partial charge in [0.15, 0.2) is 0 Å². The Kier molecular flexibility index (Phi) is 4.68. The highest BCUT2D eigenvalue weighted by atomic mass is 19.4. The monoisotopic (exact) mass is 296 g/mol. The third-order valence-electron chi connectivity index (χ3n) is 3.71. The second-order valence-electron chi connectivity index (χ2n) is 5.24. The molecule has 0 aromatic heterocycles. The number of nitrogens with one attached hydrogen (secondary N) is 2. The van der Waals surface area contributed by atoms with Crippen molar-refractivity contribution in [2.75, 3.05) is 6.54 Å². The summed E-state index contributed by atoms with van der Waals surface area (Å²) in [6, 6.07) is 0. The molecule has 1 fully saturated rings. The van der Waals surface area contributed by atoms with E-state index in [1.807, 2.05) is 6.92 Å². The zero-order valence-corrected chi connectivity index (χ0v) is 11.4. The van der Waals surface area contributed by atoms with Gasteiger partial charge in [-0.3, -0.25) is 4.79 Å². The Morgan fingerprint density at radius 1 is 1.40 bits per heavy atom. The molecule has 1 heterocycles. The van der Waals surface area contributed by atoms with Crippen LogP contribution in [0.3, 0.4) is 0 Å². The van der Waals surface area contributed by atoms with Gasteiger partial charge in [-0.1, -0.05) is 13.3 Å². The van der Waals surface area contributed by atoms with Crippen LogP contribution in [0.15, 0.2) is 0 Å². The predicted molar refractivity (Wildman–Crippen MR) is 65.1 cm³/mol. The Bertz CT molecular complexity index is 392. The van der Waals surface area contributed by atoms with Crippen molar-refractivity contribution in [1.29, 1.82) is 0 Å². The minimum Gasteiger partial charge on any atom is -0.479 e. The number of carbonyl (C=O) groups is 2. The molecule has 0 aromatic carbocycles. The number of carboxylic acids is 1. The van der Waals surface area contributed by atoms with Gasteiger partial charge in [0, 0.05) is 0 Å². The predicted octanol–water partition coefficient (Wildman–Crippen LogP) is 1.43. The zero-order valence-electron chi connectivity index (χ0n) is 11.4. The maximum absolute atomic E-state index is 12.9. The normalized spacial score (nSPS) is 26.1. The smallest absolute Gasteiger partial charge is 0.422 e. The van der Waals surface area contributed by atoms with E-state index in [0.29, 0.717) is 39.2 Å². The molecule has 2 atom stereocenters. The summed E-state index contributed by atoms with van der Waals surface area (Å²) in [7, 11) is 0. The lowest BCUT2D eigenvalue weighted by molar-refractivity contribution is -0.207. The summed E-state index contributed by atoms with van der Waals surface area (Å²) in [5, 5.41) is 13.4. The number of carbonyl (C=O) groups excluding carboxylic acids is 1. The molecule has 1 aliphatic heterocycles. The minimum absolute atomic E-state index is 0.367. The second kappa shape index (κ2) is 5.59. The molecule has 116 valence electrons. The Hall–Kier alpha value is -1.31. The summed E-state index contributed by atoms with van der Waals surface area (Å²) in [4.78, 5) is 23.1. The van der Waals surface area contributed by atoms with Gasteiger partial charge in [0.2, 0.25) is 11.4 Å². The third-order valence-corrected chi connectivity index (χ3v) is 3.71. The molecule has 0 bridgehead atoms. The van der Waals surface area contributed by atoms with Gasteiger partial charge in [0.1, 0.15) is 0 Å². The molecule has 1 amide bonds. The molecular weight excluding hydrogens is 277 g/mol. The van der Waals surface area contributed by atoms with Gasteiger partial charge < -0.3 is 15.7 Å². The van der Waals surface area contributed by atoms with E-state index in [0.717, 1.165) is 0 Å². The summed E-state index contributed by atoms with van der Waals surface area (Å²) in [5.74, 6) is -3.03. The molecule has 3 N–H and O–H groups in total. The highest BCUT2D eigenvalue weighted by Gasteiger charge is 2.60. The van der Waals surface area contributed by atoms with E-state index in [2.05, 4.69) is 5.32 Å². The molecule has 5 nitrogen and oxygen atoms in total. The van der Waals surface area contributed by atoms with E-state index in [1.165, 1.54) is 0 Å². The largest absolute Gasteiger partial charge is 0.479 e. The number of halogens is 3. The quantitative estimate of drug-likeness (QED) is 0.717. The third kappa shape index (κ3) is 2.89. The van der Waals surface area contributed by atoms with E-state index in [-0.39, 0.29) is 0 Å². The topological polar surface area (TPSA) is 78.4 Å². The summed E-state index contributed by atoms with van der Waals surface area (Å²) >= 11 is 0. The van der Waals surface area contributed by atoms with Gasteiger partial charge in [-0.05, 0) is 32.7 Å². The Labute approximate surface area is 114 Å². The lowest BCUT2D eigenvalue weighted by atomic mass is 9.89. The fourth-order valence-corrected chi connectivity index (χ4v) is 2.35. The van der Waals surface area contributed by atoms with E-state index >= 15 is 0 Å². The lowest BCUT2D eigenvalue weighted by Crippen LogP contribution is -2.67. The van der Waals surface area contributed by atoms with Crippen molar-refractivity contribution < 1.29 is 27.9 Å². The summed E-state index contributed by atoms with van der Waals surface area (Å²) < 4.78 is 38.7. The average Bonchev–Trinajstić information content (AvgIpc) is 2.77. The molecule has 2 unspecified atom stereocenters. The van der Waals surface area contributed by atoms with Gasteiger partial charge in [-0.2, -0.15) is 13.2 Å². The van der Waals surface area contributed by atoms with Crippen LogP contribution in [-0.4, -0.2) is 40.8 Å². The molecule has 1 aliphatic rings. The molecule has 0 saturated carbocycles. The first-order valence-corrected chi connectivity index (χ1v) is 6.47. The molecule has 20 heavy (non-hydrogen) atoms. The Morgan fingerprint density at radius 2 is 2.00 bits per heavy atom. The van der Waals surface area contributed by atoms with E-state index in [1.54, 1.807) is 5.32 Å². The highest BCUT2D eigenvalue weighted by Crippen LogP contribution is 2.32. The van der Waals surface area contributed by atoms with E-state index in [9.17, 15) is 22.8 Å². The number of alkyl halides is 3. The lowest BCUT2D eigenvalue weighted by Gasteiger charge is -2.34. The van der Waals surface area contributed by atoms with Crippen molar-refractivity contribution in [3.8, 4) is 0 Å². The number of hydrogen-bond acceptors (Lipinski definition) is 3. The number of aliphatic carboxylic acids is 1. The van der Waals surface area contributed by atoms with Crippen molar-refractivity contribution in [2.45, 2.75) is 56.8 Å². The Morgan fingerprint density at radius 3 is 2.35 bits per heavy atom. The standard InChI is InChI=1S/C12H19F3N2O3/c1-3-5-11(6-4-7-16-11)8(18)17-10(2,9(19)20)12(13,14)15/h16H,3-7H2,1-2H3,(H,17,18)(H,19,20). The number of hydrogen-bond donors (Lipinski definition) is 3. The fourth-order valence-electron chi connectivity index (χ4n) is 2.35. The Balaban J connectivity index is 2.99. The molecule has 0 aliphatic carbocycles. The van der Waals surface area contributed by atoms with Crippen molar-refractivity contribution in [3.63, 3.8) is 0 Å². The number of carboxylic acid groups (broad SMARTS) is 1. The van der Waals surface area contributed by atoms with Crippen LogP contribution in [0.25, 0.3) is 0 Å². The zero-order chi connectivity index (χ0) is 15.6. The van der Waals surface area contributed by atoms with Crippen LogP contribution in [0.5, 0.6) is 0 Å². The van der Waals surface area contributed by atoms with Crippen molar-refractivity contribution in [2.24, 2.45) is 0 Å². The highest BCUT2D eigenvalue weighted by molar-refractivity contribution is 5.92. The van der Waals surface area contributed by atoms with Crippen LogP contribution < -0.4 is 10.6 Å². The second-order valence-corrected chi connectivity index (χ2v) is 5.24. The van der Waals surface area contributed by atoms with Crippen LogP contribution in [-0.2, 0) is 9.59 Å². The first kappa shape index (κ1) is 16.7. The average molecular weight is 296 g/mol. The van der Waals surface area contributed by atoms with Gasteiger partial charge in [0.25, 0.3) is 0 Å². The van der Waals surface area contributed by atoms with Crippen molar-refractivity contribution >= 4 is 11.9 Å². The van der Waals surface area contributed by atoms with Crippen LogP contribution in [0, 0.1) is 0 Å². The number of rotatable bonds is 5. The summed E-state index contributed by atoms with van der Waals surface area (Å²) in [6.45, 7) is 2.81. The SMILES string of the molecule is CCCC1(C(=O)NC(C)(C(=O)O)C(F)(F)F)CCCN1. The molecule has 0 radical (unpaired) electrons.